The smallest absolute Gasteiger partial charge is 0.328 e. The van der Waals surface area contributed by atoms with E-state index in [4.69, 9.17) is 23.2 Å². The minimum Gasteiger partial charge on any atom is -0.467 e. The van der Waals surface area contributed by atoms with Crippen LogP contribution in [0.3, 0.4) is 0 Å². The van der Waals surface area contributed by atoms with E-state index >= 15 is 0 Å². The second-order valence-electron chi connectivity index (χ2n) is 7.32. The molecule has 0 spiro atoms. The fourth-order valence-corrected chi connectivity index (χ4v) is 4.63. The van der Waals surface area contributed by atoms with Crippen LogP contribution in [-0.2, 0) is 19.1 Å². The number of ether oxygens (including phenoxy) is 1. The van der Waals surface area contributed by atoms with Crippen molar-refractivity contribution in [2.75, 3.05) is 26.0 Å². The molecule has 1 aromatic carbocycles. The molecule has 0 aromatic heterocycles. The maximum absolute atomic E-state index is 12.6. The topological polar surface area (TPSA) is 75.7 Å². The van der Waals surface area contributed by atoms with Gasteiger partial charge in [-0.15, -0.1) is 11.8 Å². The van der Waals surface area contributed by atoms with E-state index in [9.17, 15) is 14.4 Å². The number of carbonyl (C=O) groups excluding carboxylic acids is 3. The summed E-state index contributed by atoms with van der Waals surface area (Å²) in [5.41, 5.74) is 0.687. The number of thioether (sulfide) groups is 1. The van der Waals surface area contributed by atoms with Crippen molar-refractivity contribution < 1.29 is 19.1 Å². The maximum Gasteiger partial charge on any atom is 0.328 e. The van der Waals surface area contributed by atoms with Crippen LogP contribution in [0.5, 0.6) is 0 Å². The number of esters is 1. The van der Waals surface area contributed by atoms with Crippen molar-refractivity contribution in [3.63, 3.8) is 0 Å². The van der Waals surface area contributed by atoms with E-state index in [1.165, 1.54) is 13.2 Å². The molecule has 1 atom stereocenters. The molecule has 0 saturated carbocycles. The summed E-state index contributed by atoms with van der Waals surface area (Å²) in [5.74, 6) is -0.0935. The van der Waals surface area contributed by atoms with E-state index in [0.717, 1.165) is 17.1 Å². The van der Waals surface area contributed by atoms with Gasteiger partial charge in [0, 0.05) is 30.0 Å². The van der Waals surface area contributed by atoms with Crippen LogP contribution in [0.2, 0.25) is 10.0 Å². The van der Waals surface area contributed by atoms with Gasteiger partial charge < -0.3 is 15.0 Å². The molecular weight excluding hydrogens is 459 g/mol. The number of hydrogen-bond acceptors (Lipinski definition) is 5. The van der Waals surface area contributed by atoms with Gasteiger partial charge in [-0.1, -0.05) is 36.2 Å². The molecule has 0 bridgehead atoms. The third-order valence-corrected chi connectivity index (χ3v) is 7.31. The number of methoxy groups -OCH3 is 1. The van der Waals surface area contributed by atoms with Gasteiger partial charge in [0.15, 0.2) is 0 Å². The lowest BCUT2D eigenvalue weighted by Gasteiger charge is -2.31. The van der Waals surface area contributed by atoms with Crippen LogP contribution in [0, 0.1) is 5.92 Å². The first-order valence-electron chi connectivity index (χ1n) is 10.2. The van der Waals surface area contributed by atoms with Gasteiger partial charge >= 0.3 is 5.97 Å². The van der Waals surface area contributed by atoms with E-state index in [2.05, 4.69) is 17.0 Å². The molecule has 0 radical (unpaired) electrons. The van der Waals surface area contributed by atoms with Gasteiger partial charge in [-0.05, 0) is 49.6 Å². The summed E-state index contributed by atoms with van der Waals surface area (Å²) in [6.45, 7) is 4.62. The van der Waals surface area contributed by atoms with Crippen LogP contribution in [0.1, 0.15) is 38.7 Å². The van der Waals surface area contributed by atoms with Crippen molar-refractivity contribution in [2.45, 2.75) is 44.0 Å². The zero-order chi connectivity index (χ0) is 23.0. The van der Waals surface area contributed by atoms with Crippen LogP contribution in [0.25, 0.3) is 6.08 Å². The summed E-state index contributed by atoms with van der Waals surface area (Å²) in [4.78, 5) is 39.0. The van der Waals surface area contributed by atoms with E-state index in [1.54, 1.807) is 29.7 Å². The molecule has 170 valence electrons. The zero-order valence-corrected chi connectivity index (χ0v) is 20.3. The van der Waals surface area contributed by atoms with Crippen LogP contribution in [-0.4, -0.2) is 54.7 Å². The van der Waals surface area contributed by atoms with Gasteiger partial charge in [0.05, 0.1) is 17.2 Å². The molecule has 31 heavy (non-hydrogen) atoms. The van der Waals surface area contributed by atoms with Gasteiger partial charge in [0.25, 0.3) is 0 Å². The van der Waals surface area contributed by atoms with Gasteiger partial charge in [-0.25, -0.2) is 4.79 Å². The van der Waals surface area contributed by atoms with E-state index in [1.807, 2.05) is 12.1 Å². The number of likely N-dealkylation sites (tertiary alicyclic amines) is 1. The second kappa shape index (κ2) is 12.4. The average molecular weight is 487 g/mol. The Bertz CT molecular complexity index is 839. The Labute approximate surface area is 197 Å². The molecule has 1 N–H and O–H groups in total. The minimum absolute atomic E-state index is 0.140. The molecule has 2 rings (SSSR count). The summed E-state index contributed by atoms with van der Waals surface area (Å²) in [6, 6.07) is 3.08. The quantitative estimate of drug-likeness (QED) is 0.334. The lowest BCUT2D eigenvalue weighted by atomic mass is 9.95. The first-order valence-corrected chi connectivity index (χ1v) is 12.0. The van der Waals surface area contributed by atoms with Crippen molar-refractivity contribution in [3.8, 4) is 0 Å². The Kier molecular flexibility index (Phi) is 10.2. The highest BCUT2D eigenvalue weighted by Crippen LogP contribution is 2.36. The fraction of sp³-hybridized carbons (Fsp3) is 0.500. The monoisotopic (exact) mass is 486 g/mol. The van der Waals surface area contributed by atoms with Crippen molar-refractivity contribution in [3.05, 3.63) is 33.8 Å². The molecule has 9 heteroatoms. The molecule has 1 aliphatic heterocycles. The van der Waals surface area contributed by atoms with E-state index in [0.29, 0.717) is 41.5 Å². The molecule has 1 fully saturated rings. The number of carbonyl (C=O) groups is 3. The van der Waals surface area contributed by atoms with Crippen LogP contribution >= 0.6 is 35.0 Å². The highest BCUT2D eigenvalue weighted by molar-refractivity contribution is 7.99. The van der Waals surface area contributed by atoms with E-state index < -0.39 is 12.0 Å². The molecule has 1 heterocycles. The van der Waals surface area contributed by atoms with Gasteiger partial charge in [-0.3, -0.25) is 9.59 Å². The Hall–Kier alpha value is -1.70. The molecule has 0 aliphatic carbocycles. The van der Waals surface area contributed by atoms with Crippen molar-refractivity contribution in [1.29, 1.82) is 0 Å². The van der Waals surface area contributed by atoms with Gasteiger partial charge in [0.1, 0.15) is 6.04 Å². The SMILES string of the molecule is CCCSc1ccc(C=CC(=O)N2CCC(C(=O)NC(C)C(=O)OC)CC2)c(Cl)c1Cl. The highest BCUT2D eigenvalue weighted by Gasteiger charge is 2.28. The fourth-order valence-electron chi connectivity index (χ4n) is 3.19. The molecule has 1 aromatic rings. The summed E-state index contributed by atoms with van der Waals surface area (Å²) in [6.07, 6.45) is 5.26. The summed E-state index contributed by atoms with van der Waals surface area (Å²) < 4.78 is 4.62. The summed E-state index contributed by atoms with van der Waals surface area (Å²) >= 11 is 14.4. The number of hydrogen-bond donors (Lipinski definition) is 1. The Morgan fingerprint density at radius 2 is 1.94 bits per heavy atom. The lowest BCUT2D eigenvalue weighted by molar-refractivity contribution is -0.145. The summed E-state index contributed by atoms with van der Waals surface area (Å²) in [7, 11) is 1.28. The van der Waals surface area contributed by atoms with Crippen molar-refractivity contribution in [2.24, 2.45) is 5.92 Å². The second-order valence-corrected chi connectivity index (χ2v) is 9.21. The number of benzene rings is 1. The lowest BCUT2D eigenvalue weighted by Crippen LogP contribution is -2.46. The number of piperidine rings is 1. The number of halogens is 2. The Morgan fingerprint density at radius 1 is 1.26 bits per heavy atom. The summed E-state index contributed by atoms with van der Waals surface area (Å²) in [5, 5.41) is 3.59. The zero-order valence-electron chi connectivity index (χ0n) is 18.0. The first-order chi connectivity index (χ1) is 14.8. The molecule has 2 amide bonds. The molecule has 6 nitrogen and oxygen atoms in total. The predicted octanol–water partition coefficient (Wildman–Crippen LogP) is 4.43. The minimum atomic E-state index is -0.691. The van der Waals surface area contributed by atoms with Crippen LogP contribution in [0.15, 0.2) is 23.1 Å². The molecule has 1 unspecified atom stereocenters. The first kappa shape index (κ1) is 25.6. The van der Waals surface area contributed by atoms with E-state index in [-0.39, 0.29) is 17.7 Å². The van der Waals surface area contributed by atoms with Gasteiger partial charge in [0.2, 0.25) is 11.8 Å². The Balaban J connectivity index is 1.90. The molecule has 1 saturated heterocycles. The van der Waals surface area contributed by atoms with Crippen LogP contribution < -0.4 is 5.32 Å². The number of nitrogens with zero attached hydrogens (tertiary/aromatic N) is 1. The molecule has 1 aliphatic rings. The molecular formula is C22H28Cl2N2O4S. The Morgan fingerprint density at radius 3 is 2.55 bits per heavy atom. The van der Waals surface area contributed by atoms with Gasteiger partial charge in [-0.2, -0.15) is 0 Å². The standard InChI is InChI=1S/C22H28Cl2N2O4S/c1-4-13-31-17-7-5-15(19(23)20(17)24)6-8-18(27)26-11-9-16(10-12-26)21(28)25-14(2)22(29)30-3/h5-8,14,16H,4,9-13H2,1-3H3,(H,25,28). The number of amides is 2. The predicted molar refractivity (Wildman–Crippen MR) is 125 cm³/mol. The van der Waals surface area contributed by atoms with Crippen molar-refractivity contribution >= 4 is 58.8 Å². The normalized spacial score (nSPS) is 15.7. The van der Waals surface area contributed by atoms with Crippen LogP contribution in [0.4, 0.5) is 0 Å². The average Bonchev–Trinajstić information content (AvgIpc) is 2.78. The third kappa shape index (κ3) is 7.16. The third-order valence-electron chi connectivity index (χ3n) is 5.03. The maximum atomic E-state index is 12.6. The van der Waals surface area contributed by atoms with Crippen molar-refractivity contribution in [1.82, 2.24) is 10.2 Å². The number of nitrogens with one attached hydrogen (secondary N) is 1. The number of rotatable bonds is 8. The highest BCUT2D eigenvalue weighted by atomic mass is 35.5. The largest absolute Gasteiger partial charge is 0.467 e.